The van der Waals surface area contributed by atoms with Gasteiger partial charge in [0.2, 0.25) is 4.80 Å². The van der Waals surface area contributed by atoms with E-state index in [-0.39, 0.29) is 0 Å². The molecular formula is C10H11N3OS. The monoisotopic (exact) mass is 221 g/mol. The van der Waals surface area contributed by atoms with E-state index in [1.54, 1.807) is 35.5 Å². The smallest absolute Gasteiger partial charge is 0.205 e. The van der Waals surface area contributed by atoms with E-state index in [1.165, 1.54) is 0 Å². The molecule has 0 N–H and O–H groups in total. The first kappa shape index (κ1) is 9.92. The minimum Gasteiger partial charge on any atom is -0.463 e. The lowest BCUT2D eigenvalue weighted by Crippen LogP contribution is -2.11. The molecule has 78 valence electrons. The van der Waals surface area contributed by atoms with Crippen molar-refractivity contribution in [3.05, 3.63) is 40.0 Å². The fourth-order valence-corrected chi connectivity index (χ4v) is 1.93. The van der Waals surface area contributed by atoms with Crippen LogP contribution in [0.4, 0.5) is 0 Å². The van der Waals surface area contributed by atoms with E-state index in [0.29, 0.717) is 0 Å². The highest BCUT2D eigenvalue weighted by Gasteiger charge is 1.97. The average molecular weight is 221 g/mol. The molecule has 0 aromatic carbocycles. The molecule has 0 aliphatic heterocycles. The van der Waals surface area contributed by atoms with Crippen LogP contribution in [0, 0.1) is 6.92 Å². The predicted octanol–water partition coefficient (Wildman–Crippen LogP) is 1.86. The molecule has 0 bridgehead atoms. The number of nitrogens with zero attached hydrogens (tertiary/aromatic N) is 3. The lowest BCUT2D eigenvalue weighted by molar-refractivity contribution is 0.559. The third-order valence-electron chi connectivity index (χ3n) is 1.89. The van der Waals surface area contributed by atoms with Crippen LogP contribution >= 0.6 is 11.3 Å². The van der Waals surface area contributed by atoms with E-state index >= 15 is 0 Å². The highest BCUT2D eigenvalue weighted by Crippen LogP contribution is 2.00. The maximum Gasteiger partial charge on any atom is 0.205 e. The third-order valence-corrected chi connectivity index (χ3v) is 2.91. The summed E-state index contributed by atoms with van der Waals surface area (Å²) in [6.07, 6.45) is 3.30. The topological polar surface area (TPSA) is 42.8 Å². The number of rotatable bonds is 2. The van der Waals surface area contributed by atoms with Crippen LogP contribution in [0.5, 0.6) is 0 Å². The van der Waals surface area contributed by atoms with Gasteiger partial charge in [0, 0.05) is 12.4 Å². The van der Waals surface area contributed by atoms with Gasteiger partial charge in [-0.15, -0.1) is 11.3 Å². The third kappa shape index (κ3) is 2.07. The van der Waals surface area contributed by atoms with Crippen LogP contribution in [0.25, 0.3) is 0 Å². The Morgan fingerprint density at radius 2 is 2.40 bits per heavy atom. The minimum atomic E-state index is 0.732. The Morgan fingerprint density at radius 3 is 3.07 bits per heavy atom. The molecule has 2 aromatic heterocycles. The van der Waals surface area contributed by atoms with Crippen molar-refractivity contribution in [3.8, 4) is 0 Å². The summed E-state index contributed by atoms with van der Waals surface area (Å²) in [6, 6.07) is 3.69. The molecule has 4 nitrogen and oxygen atoms in total. The molecule has 0 unspecified atom stereocenters. The zero-order valence-corrected chi connectivity index (χ0v) is 9.36. The van der Waals surface area contributed by atoms with E-state index in [2.05, 4.69) is 10.1 Å². The Balaban J connectivity index is 2.35. The predicted molar refractivity (Wildman–Crippen MR) is 60.2 cm³/mol. The fourth-order valence-electron chi connectivity index (χ4n) is 1.16. The zero-order chi connectivity index (χ0) is 10.7. The SMILES string of the molecule is CN=c1scc(C)n1/N=C/c1ccco1. The molecule has 0 aliphatic rings. The van der Waals surface area contributed by atoms with Crippen LogP contribution in [0.15, 0.2) is 38.3 Å². The van der Waals surface area contributed by atoms with Gasteiger partial charge < -0.3 is 4.42 Å². The first-order valence-electron chi connectivity index (χ1n) is 4.49. The second-order valence-corrected chi connectivity index (χ2v) is 3.79. The first-order valence-corrected chi connectivity index (χ1v) is 5.37. The molecule has 0 saturated carbocycles. The molecule has 0 saturated heterocycles. The standard InChI is InChI=1S/C10H11N3OS/c1-8-7-15-10(11-2)13(8)12-6-9-4-3-5-14-9/h3-7H,1-2H3/b11-10?,12-6+. The molecule has 5 heteroatoms. The molecule has 0 amide bonds. The molecule has 0 fully saturated rings. The Kier molecular flexibility index (Phi) is 2.82. The van der Waals surface area contributed by atoms with Gasteiger partial charge in [-0.2, -0.15) is 5.10 Å². The quantitative estimate of drug-likeness (QED) is 0.714. The molecule has 2 heterocycles. The molecule has 0 spiro atoms. The van der Waals surface area contributed by atoms with Crippen molar-refractivity contribution >= 4 is 17.6 Å². The summed E-state index contributed by atoms with van der Waals surface area (Å²) in [5.41, 5.74) is 1.06. The molecule has 0 aliphatic carbocycles. The number of thiazole rings is 1. The van der Waals surface area contributed by atoms with Crippen molar-refractivity contribution in [3.63, 3.8) is 0 Å². The molecule has 2 rings (SSSR count). The Morgan fingerprint density at radius 1 is 1.53 bits per heavy atom. The molecule has 0 atom stereocenters. The van der Waals surface area contributed by atoms with Crippen LogP contribution in [-0.4, -0.2) is 17.9 Å². The second-order valence-electron chi connectivity index (χ2n) is 2.96. The number of furan rings is 1. The summed E-state index contributed by atoms with van der Waals surface area (Å²) in [5, 5.41) is 6.31. The Bertz CT molecular complexity index is 519. The van der Waals surface area contributed by atoms with Gasteiger partial charge in [-0.05, 0) is 19.1 Å². The minimum absolute atomic E-state index is 0.732. The summed E-state index contributed by atoms with van der Waals surface area (Å²) in [5.74, 6) is 0.732. The number of aryl methyl sites for hydroxylation is 1. The van der Waals surface area contributed by atoms with Crippen molar-refractivity contribution in [2.45, 2.75) is 6.92 Å². The molecular weight excluding hydrogens is 210 g/mol. The van der Waals surface area contributed by atoms with Crippen molar-refractivity contribution < 1.29 is 4.42 Å². The van der Waals surface area contributed by atoms with Crippen molar-refractivity contribution in [2.24, 2.45) is 10.1 Å². The Labute approximate surface area is 91.2 Å². The van der Waals surface area contributed by atoms with Gasteiger partial charge in [-0.25, -0.2) is 4.68 Å². The second kappa shape index (κ2) is 4.27. The summed E-state index contributed by atoms with van der Waals surface area (Å²) >= 11 is 1.57. The zero-order valence-electron chi connectivity index (χ0n) is 8.54. The van der Waals surface area contributed by atoms with E-state index in [0.717, 1.165) is 16.3 Å². The summed E-state index contributed by atoms with van der Waals surface area (Å²) in [7, 11) is 1.75. The lowest BCUT2D eigenvalue weighted by Gasteiger charge is -1.94. The van der Waals surface area contributed by atoms with Crippen LogP contribution in [0.2, 0.25) is 0 Å². The van der Waals surface area contributed by atoms with E-state index < -0.39 is 0 Å². The van der Waals surface area contributed by atoms with Gasteiger partial charge in [-0.1, -0.05) is 0 Å². The van der Waals surface area contributed by atoms with E-state index in [9.17, 15) is 0 Å². The summed E-state index contributed by atoms with van der Waals surface area (Å²) in [4.78, 5) is 5.00. The number of hydrogen-bond donors (Lipinski definition) is 0. The highest BCUT2D eigenvalue weighted by atomic mass is 32.1. The lowest BCUT2D eigenvalue weighted by atomic mass is 10.5. The maximum atomic E-state index is 5.16. The van der Waals surface area contributed by atoms with E-state index in [4.69, 9.17) is 4.42 Å². The highest BCUT2D eigenvalue weighted by molar-refractivity contribution is 7.07. The van der Waals surface area contributed by atoms with Gasteiger partial charge in [0.05, 0.1) is 18.2 Å². The Hall–Kier alpha value is -1.62. The maximum absolute atomic E-state index is 5.16. The van der Waals surface area contributed by atoms with Crippen molar-refractivity contribution in [2.75, 3.05) is 7.05 Å². The van der Waals surface area contributed by atoms with Crippen LogP contribution in [-0.2, 0) is 0 Å². The largest absolute Gasteiger partial charge is 0.463 e. The van der Waals surface area contributed by atoms with Gasteiger partial charge in [0.1, 0.15) is 5.76 Å². The van der Waals surface area contributed by atoms with Crippen molar-refractivity contribution in [1.29, 1.82) is 0 Å². The first-order chi connectivity index (χ1) is 7.31. The number of aromatic nitrogens is 1. The van der Waals surface area contributed by atoms with Crippen LogP contribution in [0.3, 0.4) is 0 Å². The van der Waals surface area contributed by atoms with Gasteiger partial charge in [0.15, 0.2) is 0 Å². The van der Waals surface area contributed by atoms with Crippen molar-refractivity contribution in [1.82, 2.24) is 4.68 Å². The van der Waals surface area contributed by atoms with E-state index in [1.807, 2.05) is 24.4 Å². The van der Waals surface area contributed by atoms with Gasteiger partial charge in [0.25, 0.3) is 0 Å². The average Bonchev–Trinajstić information content (AvgIpc) is 2.84. The van der Waals surface area contributed by atoms with Crippen LogP contribution < -0.4 is 4.80 Å². The summed E-state index contributed by atoms with van der Waals surface area (Å²) < 4.78 is 6.94. The normalized spacial score (nSPS) is 12.8. The fraction of sp³-hybridized carbons (Fsp3) is 0.200. The van der Waals surface area contributed by atoms with Gasteiger partial charge in [-0.3, -0.25) is 4.99 Å². The van der Waals surface area contributed by atoms with Crippen LogP contribution in [0.1, 0.15) is 11.5 Å². The molecule has 2 aromatic rings. The molecule has 15 heavy (non-hydrogen) atoms. The molecule has 0 radical (unpaired) electrons. The van der Waals surface area contributed by atoms with Gasteiger partial charge >= 0.3 is 0 Å². The number of hydrogen-bond acceptors (Lipinski definition) is 4. The summed E-state index contributed by atoms with van der Waals surface area (Å²) in [6.45, 7) is 1.99.